The maximum atomic E-state index is 9.78. The van der Waals surface area contributed by atoms with Crippen LogP contribution in [0.5, 0.6) is 0 Å². The van der Waals surface area contributed by atoms with Gasteiger partial charge in [-0.05, 0) is 13.0 Å². The first-order valence-corrected chi connectivity index (χ1v) is 6.08. The molecule has 1 atom stereocenters. The average molecular weight is 248 g/mol. The molecule has 4 nitrogen and oxygen atoms in total. The number of benzene rings is 1. The summed E-state index contributed by atoms with van der Waals surface area (Å²) in [6.07, 6.45) is -0.0639. The Morgan fingerprint density at radius 3 is 2.72 bits per heavy atom. The van der Waals surface area contributed by atoms with Crippen LogP contribution in [0.1, 0.15) is 25.0 Å². The predicted octanol–water partition coefficient (Wildman–Crippen LogP) is 2.11. The maximum Gasteiger partial charge on any atom is 0.0781 e. The molecule has 0 aliphatic rings. The van der Waals surface area contributed by atoms with Gasteiger partial charge in [-0.1, -0.05) is 18.2 Å². The molecule has 1 aromatic carbocycles. The molecule has 0 aliphatic carbocycles. The van der Waals surface area contributed by atoms with Gasteiger partial charge < -0.3 is 14.7 Å². The van der Waals surface area contributed by atoms with E-state index in [1.165, 1.54) is 0 Å². The van der Waals surface area contributed by atoms with Gasteiger partial charge in [-0.3, -0.25) is 0 Å². The van der Waals surface area contributed by atoms with Crippen LogP contribution >= 0.6 is 0 Å². The average Bonchev–Trinajstić information content (AvgIpc) is 2.39. The van der Waals surface area contributed by atoms with Crippen molar-refractivity contribution in [2.24, 2.45) is 0 Å². The van der Waals surface area contributed by atoms with Gasteiger partial charge in [0.1, 0.15) is 0 Å². The van der Waals surface area contributed by atoms with E-state index < -0.39 is 6.10 Å². The number of hydrogen-bond acceptors (Lipinski definition) is 4. The largest absolute Gasteiger partial charge is 0.389 e. The molecule has 0 saturated carbocycles. The lowest BCUT2D eigenvalue weighted by molar-refractivity contribution is 0.197. The van der Waals surface area contributed by atoms with Gasteiger partial charge >= 0.3 is 0 Å². The van der Waals surface area contributed by atoms with Crippen LogP contribution < -0.4 is 4.90 Å². The third-order valence-corrected chi connectivity index (χ3v) is 2.79. The van der Waals surface area contributed by atoms with Gasteiger partial charge in [0.05, 0.1) is 25.2 Å². The summed E-state index contributed by atoms with van der Waals surface area (Å²) in [5.41, 5.74) is 1.85. The molecule has 0 unspecified atom stereocenters. The van der Waals surface area contributed by atoms with Crippen molar-refractivity contribution in [3.8, 4) is 6.07 Å². The van der Waals surface area contributed by atoms with Crippen LogP contribution in [0.2, 0.25) is 0 Å². The van der Waals surface area contributed by atoms with Gasteiger partial charge in [0.2, 0.25) is 0 Å². The molecular weight excluding hydrogens is 228 g/mol. The molecule has 0 heterocycles. The normalized spacial score (nSPS) is 11.9. The van der Waals surface area contributed by atoms with Crippen molar-refractivity contribution < 1.29 is 9.84 Å². The molecule has 1 rings (SSSR count). The third-order valence-electron chi connectivity index (χ3n) is 2.79. The number of rotatable bonds is 7. The van der Waals surface area contributed by atoms with Gasteiger partial charge in [-0.15, -0.1) is 0 Å². The monoisotopic (exact) mass is 248 g/mol. The number of para-hydroxylation sites is 1. The molecule has 0 aromatic heterocycles. The van der Waals surface area contributed by atoms with E-state index in [9.17, 15) is 5.11 Å². The SMILES string of the molecule is COCCN(CCC#N)c1ccccc1[C@H](C)O. The molecule has 0 aliphatic heterocycles. The van der Waals surface area contributed by atoms with E-state index >= 15 is 0 Å². The number of nitriles is 1. The lowest BCUT2D eigenvalue weighted by atomic mass is 10.1. The van der Waals surface area contributed by atoms with Gasteiger partial charge in [0.15, 0.2) is 0 Å². The zero-order chi connectivity index (χ0) is 13.4. The number of anilines is 1. The van der Waals surface area contributed by atoms with Crippen molar-refractivity contribution in [1.29, 1.82) is 5.26 Å². The Morgan fingerprint density at radius 1 is 1.39 bits per heavy atom. The molecule has 0 bridgehead atoms. The molecule has 1 aromatic rings. The summed E-state index contributed by atoms with van der Waals surface area (Å²) in [6, 6.07) is 9.87. The van der Waals surface area contributed by atoms with E-state index in [1.807, 2.05) is 24.3 Å². The van der Waals surface area contributed by atoms with Crippen molar-refractivity contribution in [2.75, 3.05) is 31.7 Å². The fraction of sp³-hybridized carbons (Fsp3) is 0.500. The molecule has 18 heavy (non-hydrogen) atoms. The van der Waals surface area contributed by atoms with E-state index in [0.717, 1.165) is 11.3 Å². The van der Waals surface area contributed by atoms with Crippen molar-refractivity contribution in [2.45, 2.75) is 19.4 Å². The molecule has 1 N–H and O–H groups in total. The molecule has 0 radical (unpaired) electrons. The van der Waals surface area contributed by atoms with Crippen LogP contribution in [0.4, 0.5) is 5.69 Å². The van der Waals surface area contributed by atoms with E-state index in [1.54, 1.807) is 14.0 Å². The Labute approximate surface area is 108 Å². The quantitative estimate of drug-likeness (QED) is 0.803. The molecule has 4 heteroatoms. The van der Waals surface area contributed by atoms with Crippen LogP contribution in [-0.2, 0) is 4.74 Å². The van der Waals surface area contributed by atoms with Crippen molar-refractivity contribution in [3.63, 3.8) is 0 Å². The zero-order valence-corrected chi connectivity index (χ0v) is 11.0. The smallest absolute Gasteiger partial charge is 0.0781 e. The predicted molar refractivity (Wildman–Crippen MR) is 71.4 cm³/mol. The summed E-state index contributed by atoms with van der Waals surface area (Å²) in [5, 5.41) is 18.5. The van der Waals surface area contributed by atoms with E-state index in [0.29, 0.717) is 26.1 Å². The number of aliphatic hydroxyl groups excluding tert-OH is 1. The number of hydrogen-bond donors (Lipinski definition) is 1. The zero-order valence-electron chi connectivity index (χ0n) is 11.0. The van der Waals surface area contributed by atoms with Crippen molar-refractivity contribution in [1.82, 2.24) is 0 Å². The summed E-state index contributed by atoms with van der Waals surface area (Å²) in [6.45, 7) is 3.70. The Hall–Kier alpha value is -1.57. The minimum atomic E-state index is -0.520. The van der Waals surface area contributed by atoms with Crippen molar-refractivity contribution >= 4 is 5.69 Å². The Balaban J connectivity index is 2.92. The summed E-state index contributed by atoms with van der Waals surface area (Å²) in [4.78, 5) is 2.08. The molecule has 0 amide bonds. The van der Waals surface area contributed by atoms with Crippen molar-refractivity contribution in [3.05, 3.63) is 29.8 Å². The topological polar surface area (TPSA) is 56.5 Å². The van der Waals surface area contributed by atoms with Crippen LogP contribution in [0.25, 0.3) is 0 Å². The number of ether oxygens (including phenoxy) is 1. The Kier molecular flexibility index (Phi) is 6.20. The fourth-order valence-electron chi connectivity index (χ4n) is 1.87. The third kappa shape index (κ3) is 4.02. The maximum absolute atomic E-state index is 9.78. The second-order valence-corrected chi connectivity index (χ2v) is 4.12. The van der Waals surface area contributed by atoms with Crippen LogP contribution in [-0.4, -0.2) is 31.9 Å². The van der Waals surface area contributed by atoms with Gasteiger partial charge in [-0.25, -0.2) is 0 Å². The fourth-order valence-corrected chi connectivity index (χ4v) is 1.87. The summed E-state index contributed by atoms with van der Waals surface area (Å²) in [5.74, 6) is 0. The number of aliphatic hydroxyl groups is 1. The lowest BCUT2D eigenvalue weighted by Gasteiger charge is -2.26. The second-order valence-electron chi connectivity index (χ2n) is 4.12. The van der Waals surface area contributed by atoms with E-state index in [2.05, 4.69) is 11.0 Å². The van der Waals surface area contributed by atoms with E-state index in [-0.39, 0.29) is 0 Å². The summed E-state index contributed by atoms with van der Waals surface area (Å²) < 4.78 is 5.09. The molecule has 98 valence electrons. The van der Waals surface area contributed by atoms with Crippen LogP contribution in [0.3, 0.4) is 0 Å². The second kappa shape index (κ2) is 7.70. The summed E-state index contributed by atoms with van der Waals surface area (Å²) >= 11 is 0. The first-order chi connectivity index (χ1) is 8.70. The highest BCUT2D eigenvalue weighted by molar-refractivity contribution is 5.54. The van der Waals surface area contributed by atoms with Gasteiger partial charge in [-0.2, -0.15) is 5.26 Å². The van der Waals surface area contributed by atoms with Crippen LogP contribution in [0, 0.1) is 11.3 Å². The van der Waals surface area contributed by atoms with E-state index in [4.69, 9.17) is 10.00 Å². The lowest BCUT2D eigenvalue weighted by Crippen LogP contribution is -2.29. The molecule has 0 saturated heterocycles. The van der Waals surface area contributed by atoms with Crippen LogP contribution in [0.15, 0.2) is 24.3 Å². The minimum absolute atomic E-state index is 0.456. The van der Waals surface area contributed by atoms with Gasteiger partial charge in [0, 0.05) is 31.5 Å². The Bertz CT molecular complexity index is 399. The highest BCUT2D eigenvalue weighted by Crippen LogP contribution is 2.26. The minimum Gasteiger partial charge on any atom is -0.389 e. The Morgan fingerprint density at radius 2 is 2.11 bits per heavy atom. The molecule has 0 fully saturated rings. The van der Waals surface area contributed by atoms with Gasteiger partial charge in [0.25, 0.3) is 0 Å². The first kappa shape index (κ1) is 14.5. The number of nitrogens with zero attached hydrogens (tertiary/aromatic N) is 2. The standard InChI is InChI=1S/C14H20N2O2/c1-12(17)13-6-3-4-7-14(13)16(9-5-8-15)10-11-18-2/h3-4,6-7,12,17H,5,9-11H2,1-2H3/t12-/m0/s1. The highest BCUT2D eigenvalue weighted by Gasteiger charge is 2.13. The first-order valence-electron chi connectivity index (χ1n) is 6.08. The molecular formula is C14H20N2O2. The summed E-state index contributed by atoms with van der Waals surface area (Å²) in [7, 11) is 1.66. The number of methoxy groups -OCH3 is 1. The highest BCUT2D eigenvalue weighted by atomic mass is 16.5. The molecule has 0 spiro atoms.